The zero-order chi connectivity index (χ0) is 24.5. The highest BCUT2D eigenvalue weighted by molar-refractivity contribution is 5.76. The highest BCUT2D eigenvalue weighted by Crippen LogP contribution is 2.20. The van der Waals surface area contributed by atoms with Crippen LogP contribution in [0.2, 0.25) is 0 Å². The van der Waals surface area contributed by atoms with Crippen LogP contribution in [0.15, 0.2) is 36.4 Å². The van der Waals surface area contributed by atoms with Gasteiger partial charge in [-0.25, -0.2) is 4.68 Å². The lowest BCUT2D eigenvalue weighted by atomic mass is 10.1. The quantitative estimate of drug-likeness (QED) is 0.429. The fraction of sp³-hybridized carbons (Fsp3) is 0.423. The monoisotopic (exact) mass is 472 g/mol. The van der Waals surface area contributed by atoms with E-state index in [4.69, 9.17) is 5.10 Å². The molecule has 5 rings (SSSR count). The number of aromatic nitrogens is 6. The predicted octanol–water partition coefficient (Wildman–Crippen LogP) is 2.82. The lowest BCUT2D eigenvalue weighted by Gasteiger charge is -2.35. The molecular weight excluding hydrogens is 440 g/mol. The van der Waals surface area contributed by atoms with Gasteiger partial charge >= 0.3 is 0 Å². The van der Waals surface area contributed by atoms with Gasteiger partial charge in [0.1, 0.15) is 0 Å². The molecule has 1 amide bonds. The van der Waals surface area contributed by atoms with Crippen LogP contribution in [0.4, 0.5) is 0 Å². The first-order valence-electron chi connectivity index (χ1n) is 12.2. The van der Waals surface area contributed by atoms with Crippen molar-refractivity contribution in [2.24, 2.45) is 0 Å². The van der Waals surface area contributed by atoms with Crippen molar-refractivity contribution in [3.05, 3.63) is 70.3 Å². The second kappa shape index (κ2) is 9.58. The number of hydrogen-bond acceptors (Lipinski definition) is 6. The number of carbonyl (C=O) groups excluding carboxylic acids is 1. The van der Waals surface area contributed by atoms with Crippen LogP contribution < -0.4 is 0 Å². The molecule has 1 aromatic carbocycles. The van der Waals surface area contributed by atoms with Gasteiger partial charge in [-0.3, -0.25) is 9.69 Å². The van der Waals surface area contributed by atoms with Gasteiger partial charge < -0.3 is 4.90 Å². The number of hydrogen-bond donors (Lipinski definition) is 0. The third kappa shape index (κ3) is 4.81. The predicted molar refractivity (Wildman–Crippen MR) is 133 cm³/mol. The largest absolute Gasteiger partial charge is 0.340 e. The number of rotatable bonds is 6. The fourth-order valence-corrected chi connectivity index (χ4v) is 4.87. The first kappa shape index (κ1) is 23.2. The molecule has 9 heteroatoms. The molecule has 35 heavy (non-hydrogen) atoms. The van der Waals surface area contributed by atoms with Gasteiger partial charge in [-0.15, -0.1) is 15.3 Å². The molecule has 0 radical (unpaired) electrons. The van der Waals surface area contributed by atoms with E-state index in [0.29, 0.717) is 24.3 Å². The Morgan fingerprint density at radius 3 is 2.51 bits per heavy atom. The molecule has 9 nitrogen and oxygen atoms in total. The summed E-state index contributed by atoms with van der Waals surface area (Å²) in [5, 5.41) is 17.5. The summed E-state index contributed by atoms with van der Waals surface area (Å²) >= 11 is 0. The van der Waals surface area contributed by atoms with Gasteiger partial charge in [-0.2, -0.15) is 9.61 Å². The van der Waals surface area contributed by atoms with Gasteiger partial charge in [0.25, 0.3) is 0 Å². The van der Waals surface area contributed by atoms with Crippen LogP contribution in [0, 0.1) is 27.7 Å². The SMILES string of the molecule is Cc1cccc(CN2CCN(C(=O)CCc3c(C)nn(-c4ccc5nnc(C)n5n4)c3C)CC2)c1. The van der Waals surface area contributed by atoms with E-state index >= 15 is 0 Å². The molecule has 0 unspecified atom stereocenters. The van der Waals surface area contributed by atoms with Crippen LogP contribution in [0.3, 0.4) is 0 Å². The lowest BCUT2D eigenvalue weighted by molar-refractivity contribution is -0.133. The number of nitrogens with zero attached hydrogens (tertiary/aromatic N) is 8. The van der Waals surface area contributed by atoms with Crippen molar-refractivity contribution in [3.63, 3.8) is 0 Å². The molecule has 1 aliphatic heterocycles. The summed E-state index contributed by atoms with van der Waals surface area (Å²) in [5.74, 6) is 1.66. The van der Waals surface area contributed by atoms with Crippen LogP contribution in [-0.4, -0.2) is 71.5 Å². The molecule has 182 valence electrons. The minimum Gasteiger partial charge on any atom is -0.340 e. The number of fused-ring (bicyclic) bond motifs is 1. The number of amides is 1. The number of benzene rings is 1. The first-order chi connectivity index (χ1) is 16.9. The minimum absolute atomic E-state index is 0.214. The van der Waals surface area contributed by atoms with Crippen molar-refractivity contribution in [2.75, 3.05) is 26.2 Å². The maximum absolute atomic E-state index is 13.0. The molecule has 0 N–H and O–H groups in total. The normalized spacial score (nSPS) is 14.7. The molecule has 1 saturated heterocycles. The Morgan fingerprint density at radius 1 is 0.943 bits per heavy atom. The third-order valence-corrected chi connectivity index (χ3v) is 6.87. The summed E-state index contributed by atoms with van der Waals surface area (Å²) < 4.78 is 3.56. The van der Waals surface area contributed by atoms with E-state index in [1.54, 1.807) is 4.52 Å². The van der Waals surface area contributed by atoms with E-state index in [1.165, 1.54) is 11.1 Å². The molecule has 3 aromatic heterocycles. The van der Waals surface area contributed by atoms with Gasteiger partial charge in [0.2, 0.25) is 5.91 Å². The van der Waals surface area contributed by atoms with E-state index in [-0.39, 0.29) is 5.91 Å². The van der Waals surface area contributed by atoms with Crippen LogP contribution in [0.25, 0.3) is 11.5 Å². The molecule has 0 aliphatic carbocycles. The maximum atomic E-state index is 13.0. The van der Waals surface area contributed by atoms with Crippen molar-refractivity contribution < 1.29 is 4.79 Å². The van der Waals surface area contributed by atoms with E-state index in [1.807, 2.05) is 42.5 Å². The molecular formula is C26H32N8O. The van der Waals surface area contributed by atoms with E-state index in [0.717, 1.165) is 55.5 Å². The molecule has 0 atom stereocenters. The molecule has 0 bridgehead atoms. The molecule has 0 spiro atoms. The van der Waals surface area contributed by atoms with E-state index < -0.39 is 0 Å². The zero-order valence-corrected chi connectivity index (χ0v) is 20.9. The Labute approximate surface area is 205 Å². The summed E-state index contributed by atoms with van der Waals surface area (Å²) in [6, 6.07) is 12.4. The number of carbonyl (C=O) groups is 1. The second-order valence-corrected chi connectivity index (χ2v) is 9.42. The standard InChI is InChI=1S/C26H32N8O/c1-18-6-5-7-22(16-18)17-31-12-14-32(15-13-31)26(35)11-8-23-19(2)29-33(20(23)3)25-10-9-24-28-27-21(4)34(24)30-25/h5-7,9-10,16H,8,11-15,17H2,1-4H3. The van der Waals surface area contributed by atoms with Gasteiger partial charge in [0.05, 0.1) is 5.69 Å². The molecule has 4 aromatic rings. The summed E-state index contributed by atoms with van der Waals surface area (Å²) in [5.41, 5.74) is 6.38. The maximum Gasteiger partial charge on any atom is 0.222 e. The number of piperazine rings is 1. The highest BCUT2D eigenvalue weighted by atomic mass is 16.2. The first-order valence-corrected chi connectivity index (χ1v) is 12.2. The zero-order valence-electron chi connectivity index (χ0n) is 20.9. The number of aryl methyl sites for hydroxylation is 3. The smallest absolute Gasteiger partial charge is 0.222 e. The summed E-state index contributed by atoms with van der Waals surface area (Å²) in [7, 11) is 0. The fourth-order valence-electron chi connectivity index (χ4n) is 4.87. The Bertz CT molecular complexity index is 1360. The van der Waals surface area contributed by atoms with Gasteiger partial charge in [0.15, 0.2) is 17.3 Å². The van der Waals surface area contributed by atoms with Crippen molar-refractivity contribution in [2.45, 2.75) is 47.1 Å². The van der Waals surface area contributed by atoms with Crippen LogP contribution in [0.1, 0.15) is 40.3 Å². The molecule has 4 heterocycles. The van der Waals surface area contributed by atoms with Crippen LogP contribution in [-0.2, 0) is 17.8 Å². The van der Waals surface area contributed by atoms with Crippen molar-refractivity contribution in [1.82, 2.24) is 39.4 Å². The van der Waals surface area contributed by atoms with Gasteiger partial charge in [0, 0.05) is 44.8 Å². The Hall–Kier alpha value is -3.59. The average Bonchev–Trinajstić information content (AvgIpc) is 3.36. The Morgan fingerprint density at radius 2 is 1.74 bits per heavy atom. The summed E-state index contributed by atoms with van der Waals surface area (Å²) in [6.07, 6.45) is 1.16. The third-order valence-electron chi connectivity index (χ3n) is 6.87. The second-order valence-electron chi connectivity index (χ2n) is 9.42. The summed E-state index contributed by atoms with van der Waals surface area (Å²) in [4.78, 5) is 17.4. The van der Waals surface area contributed by atoms with Crippen molar-refractivity contribution in [3.8, 4) is 5.82 Å². The summed E-state index contributed by atoms with van der Waals surface area (Å²) in [6.45, 7) is 12.4. The molecule has 0 saturated carbocycles. The van der Waals surface area contributed by atoms with E-state index in [2.05, 4.69) is 51.4 Å². The molecule has 1 fully saturated rings. The molecule has 1 aliphatic rings. The van der Waals surface area contributed by atoms with Crippen molar-refractivity contribution >= 4 is 11.6 Å². The van der Waals surface area contributed by atoms with Gasteiger partial charge in [-0.1, -0.05) is 29.8 Å². The topological polar surface area (TPSA) is 84.5 Å². The average molecular weight is 473 g/mol. The van der Waals surface area contributed by atoms with Gasteiger partial charge in [-0.05, 0) is 57.4 Å². The highest BCUT2D eigenvalue weighted by Gasteiger charge is 2.22. The lowest BCUT2D eigenvalue weighted by Crippen LogP contribution is -2.48. The Kier molecular flexibility index (Phi) is 6.34. The van der Waals surface area contributed by atoms with Crippen LogP contribution in [0.5, 0.6) is 0 Å². The van der Waals surface area contributed by atoms with Crippen molar-refractivity contribution in [1.29, 1.82) is 0 Å². The van der Waals surface area contributed by atoms with Crippen LogP contribution >= 0.6 is 0 Å². The Balaban J connectivity index is 1.19. The van der Waals surface area contributed by atoms with E-state index in [9.17, 15) is 4.79 Å². The minimum atomic E-state index is 0.214.